The molecule has 1 N–H and O–H groups in total. The number of amides is 2. The Morgan fingerprint density at radius 1 is 0.875 bits per heavy atom. The quantitative estimate of drug-likeness (QED) is 0.575. The first-order chi connectivity index (χ1) is 15.3. The predicted molar refractivity (Wildman–Crippen MR) is 118 cm³/mol. The van der Waals surface area contributed by atoms with Crippen LogP contribution < -0.4 is 15.0 Å². The molecule has 4 rings (SSSR count). The minimum absolute atomic E-state index is 0.0496. The molecule has 3 aromatic rings. The largest absolute Gasteiger partial charge is 0.496 e. The molecule has 0 saturated heterocycles. The van der Waals surface area contributed by atoms with Gasteiger partial charge in [-0.25, -0.2) is 13.7 Å². The van der Waals surface area contributed by atoms with E-state index >= 15 is 0 Å². The molecule has 162 valence electrons. The molecule has 0 radical (unpaired) electrons. The van der Waals surface area contributed by atoms with Crippen molar-refractivity contribution >= 4 is 28.8 Å². The number of hydrogen-bond acceptors (Lipinski definition) is 4. The van der Waals surface area contributed by atoms with E-state index in [-0.39, 0.29) is 17.0 Å². The Hall–Kier alpha value is -4.00. The van der Waals surface area contributed by atoms with Crippen molar-refractivity contribution in [2.45, 2.75) is 13.8 Å². The second-order valence-corrected chi connectivity index (χ2v) is 7.37. The van der Waals surface area contributed by atoms with E-state index in [0.29, 0.717) is 17.0 Å². The fourth-order valence-corrected chi connectivity index (χ4v) is 3.66. The van der Waals surface area contributed by atoms with Crippen LogP contribution in [0, 0.1) is 25.5 Å². The summed E-state index contributed by atoms with van der Waals surface area (Å²) in [6.07, 6.45) is 0. The van der Waals surface area contributed by atoms with E-state index in [1.165, 1.54) is 13.2 Å². The standard InChI is InChI=1S/C25H20F2N2O3/c1-14-7-6-9-20(15(14)2)29-24(30)22(17-8-4-5-10-21(17)32-3)23(25(29)31)28-16-11-12-18(26)19(27)13-16/h4-13,28H,1-3H3. The Morgan fingerprint density at radius 3 is 2.34 bits per heavy atom. The lowest BCUT2D eigenvalue weighted by atomic mass is 10.0. The Balaban J connectivity index is 1.89. The molecule has 0 aliphatic carbocycles. The van der Waals surface area contributed by atoms with Gasteiger partial charge in [-0.05, 0) is 49.2 Å². The number of carbonyl (C=O) groups is 2. The van der Waals surface area contributed by atoms with Gasteiger partial charge in [0.15, 0.2) is 11.6 Å². The molecule has 0 fully saturated rings. The summed E-state index contributed by atoms with van der Waals surface area (Å²) >= 11 is 0. The van der Waals surface area contributed by atoms with E-state index in [4.69, 9.17) is 4.74 Å². The first kappa shape index (κ1) is 21.2. The third kappa shape index (κ3) is 3.51. The van der Waals surface area contributed by atoms with Gasteiger partial charge in [0.05, 0.1) is 18.4 Å². The highest BCUT2D eigenvalue weighted by Gasteiger charge is 2.41. The fourth-order valence-electron chi connectivity index (χ4n) is 3.66. The Morgan fingerprint density at radius 2 is 1.62 bits per heavy atom. The molecule has 1 aliphatic heterocycles. The summed E-state index contributed by atoms with van der Waals surface area (Å²) in [6, 6.07) is 15.3. The van der Waals surface area contributed by atoms with Crippen LogP contribution >= 0.6 is 0 Å². The lowest BCUT2D eigenvalue weighted by molar-refractivity contribution is -0.120. The summed E-state index contributed by atoms with van der Waals surface area (Å²) in [5, 5.41) is 2.83. The van der Waals surface area contributed by atoms with Gasteiger partial charge >= 0.3 is 0 Å². The van der Waals surface area contributed by atoms with Crippen molar-refractivity contribution < 1.29 is 23.1 Å². The maximum Gasteiger partial charge on any atom is 0.282 e. The summed E-state index contributed by atoms with van der Waals surface area (Å²) in [5.74, 6) is -2.83. The number of halogens is 2. The molecule has 0 unspecified atom stereocenters. The van der Waals surface area contributed by atoms with Gasteiger partial charge in [0.1, 0.15) is 11.4 Å². The monoisotopic (exact) mass is 434 g/mol. The van der Waals surface area contributed by atoms with Gasteiger partial charge in [-0.3, -0.25) is 9.59 Å². The summed E-state index contributed by atoms with van der Waals surface area (Å²) in [4.78, 5) is 28.2. The van der Waals surface area contributed by atoms with Crippen LogP contribution in [0.5, 0.6) is 5.75 Å². The molecular formula is C25H20F2N2O3. The van der Waals surface area contributed by atoms with Gasteiger partial charge in [-0.15, -0.1) is 0 Å². The second-order valence-electron chi connectivity index (χ2n) is 7.37. The first-order valence-corrected chi connectivity index (χ1v) is 9.88. The number of carbonyl (C=O) groups excluding carboxylic acids is 2. The van der Waals surface area contributed by atoms with Gasteiger partial charge in [-0.1, -0.05) is 30.3 Å². The third-order valence-electron chi connectivity index (χ3n) is 5.47. The summed E-state index contributed by atoms with van der Waals surface area (Å²) in [5.41, 5.74) is 2.73. The molecule has 3 aromatic carbocycles. The third-order valence-corrected chi connectivity index (χ3v) is 5.47. The van der Waals surface area contributed by atoms with Crippen LogP contribution in [0.2, 0.25) is 0 Å². The minimum Gasteiger partial charge on any atom is -0.496 e. The highest BCUT2D eigenvalue weighted by atomic mass is 19.2. The zero-order valence-electron chi connectivity index (χ0n) is 17.7. The Kier molecular flexibility index (Phi) is 5.48. The topological polar surface area (TPSA) is 58.6 Å². The molecule has 0 aromatic heterocycles. The predicted octanol–water partition coefficient (Wildman–Crippen LogP) is 4.99. The van der Waals surface area contributed by atoms with Crippen molar-refractivity contribution in [3.63, 3.8) is 0 Å². The molecule has 7 heteroatoms. The van der Waals surface area contributed by atoms with Crippen LogP contribution in [0.1, 0.15) is 16.7 Å². The second kappa shape index (κ2) is 8.26. The number of benzene rings is 3. The van der Waals surface area contributed by atoms with E-state index in [2.05, 4.69) is 5.32 Å². The van der Waals surface area contributed by atoms with Gasteiger partial charge < -0.3 is 10.1 Å². The van der Waals surface area contributed by atoms with Gasteiger partial charge in [-0.2, -0.15) is 0 Å². The molecule has 32 heavy (non-hydrogen) atoms. The number of imide groups is 1. The van der Waals surface area contributed by atoms with Crippen LogP contribution in [0.15, 0.2) is 66.4 Å². The van der Waals surface area contributed by atoms with E-state index < -0.39 is 23.4 Å². The minimum atomic E-state index is -1.07. The number of nitrogens with one attached hydrogen (secondary N) is 1. The molecule has 1 aliphatic rings. The number of nitrogens with zero attached hydrogens (tertiary/aromatic N) is 1. The molecule has 0 saturated carbocycles. The number of aryl methyl sites for hydroxylation is 1. The Labute approximate surface area is 183 Å². The van der Waals surface area contributed by atoms with Gasteiger partial charge in [0, 0.05) is 17.3 Å². The summed E-state index contributed by atoms with van der Waals surface area (Å²) in [7, 11) is 1.46. The number of methoxy groups -OCH3 is 1. The van der Waals surface area contributed by atoms with Crippen LogP contribution in [0.3, 0.4) is 0 Å². The normalized spacial score (nSPS) is 13.7. The number of anilines is 2. The molecule has 0 spiro atoms. The van der Waals surface area contributed by atoms with E-state index in [1.807, 2.05) is 19.9 Å². The van der Waals surface area contributed by atoms with Crippen molar-refractivity contribution in [1.29, 1.82) is 0 Å². The zero-order valence-corrected chi connectivity index (χ0v) is 17.7. The van der Waals surface area contributed by atoms with Gasteiger partial charge in [0.2, 0.25) is 0 Å². The summed E-state index contributed by atoms with van der Waals surface area (Å²) in [6.45, 7) is 3.72. The average molecular weight is 434 g/mol. The lowest BCUT2D eigenvalue weighted by Gasteiger charge is -2.19. The SMILES string of the molecule is COc1ccccc1C1=C(Nc2ccc(F)c(F)c2)C(=O)N(c2cccc(C)c2C)C1=O. The first-order valence-electron chi connectivity index (χ1n) is 9.88. The van der Waals surface area contributed by atoms with Crippen molar-refractivity contribution in [1.82, 2.24) is 0 Å². The maximum absolute atomic E-state index is 13.8. The molecular weight excluding hydrogens is 414 g/mol. The smallest absolute Gasteiger partial charge is 0.282 e. The highest BCUT2D eigenvalue weighted by molar-refractivity contribution is 6.46. The van der Waals surface area contributed by atoms with Gasteiger partial charge in [0.25, 0.3) is 11.8 Å². The molecule has 0 atom stereocenters. The molecule has 1 heterocycles. The van der Waals surface area contributed by atoms with Crippen molar-refractivity contribution in [3.8, 4) is 5.75 Å². The molecule has 0 bridgehead atoms. The maximum atomic E-state index is 13.8. The molecule has 5 nitrogen and oxygen atoms in total. The number of hydrogen-bond donors (Lipinski definition) is 1. The van der Waals surface area contributed by atoms with E-state index in [1.54, 1.807) is 36.4 Å². The Bertz CT molecular complexity index is 1280. The van der Waals surface area contributed by atoms with Crippen LogP contribution in [0.4, 0.5) is 20.2 Å². The number of para-hydroxylation sites is 1. The van der Waals surface area contributed by atoms with Crippen LogP contribution in [-0.2, 0) is 9.59 Å². The lowest BCUT2D eigenvalue weighted by Crippen LogP contribution is -2.33. The van der Waals surface area contributed by atoms with Crippen molar-refractivity contribution in [3.05, 3.63) is 94.7 Å². The van der Waals surface area contributed by atoms with Crippen molar-refractivity contribution in [2.24, 2.45) is 0 Å². The summed E-state index contributed by atoms with van der Waals surface area (Å²) < 4.78 is 32.6. The van der Waals surface area contributed by atoms with Crippen LogP contribution in [-0.4, -0.2) is 18.9 Å². The average Bonchev–Trinajstić information content (AvgIpc) is 3.02. The number of ether oxygens (including phenoxy) is 1. The zero-order chi connectivity index (χ0) is 23.0. The van der Waals surface area contributed by atoms with Crippen molar-refractivity contribution in [2.75, 3.05) is 17.3 Å². The highest BCUT2D eigenvalue weighted by Crippen LogP contribution is 2.38. The van der Waals surface area contributed by atoms with E-state index in [0.717, 1.165) is 28.2 Å². The fraction of sp³-hybridized carbons (Fsp3) is 0.120. The van der Waals surface area contributed by atoms with Crippen LogP contribution in [0.25, 0.3) is 5.57 Å². The van der Waals surface area contributed by atoms with E-state index in [9.17, 15) is 18.4 Å². The molecule has 2 amide bonds. The number of rotatable bonds is 5.